The maximum Gasteiger partial charge on any atom is 0.180 e. The minimum Gasteiger partial charge on any atom is -0.375 e. The number of benzene rings is 1. The highest BCUT2D eigenvalue weighted by Gasteiger charge is 2.02. The van der Waals surface area contributed by atoms with E-state index in [1.165, 1.54) is 11.3 Å². The maximum atomic E-state index is 6.03. The largest absolute Gasteiger partial charge is 0.375 e. The second-order valence-electron chi connectivity index (χ2n) is 2.90. The minimum atomic E-state index is 0.616. The Morgan fingerprint density at radius 2 is 2.20 bits per heavy atom. The van der Waals surface area contributed by atoms with Crippen LogP contribution in [0.25, 0.3) is 0 Å². The van der Waals surface area contributed by atoms with Gasteiger partial charge in [0.25, 0.3) is 0 Å². The van der Waals surface area contributed by atoms with Gasteiger partial charge < -0.3 is 5.73 Å². The van der Waals surface area contributed by atoms with E-state index in [1.807, 2.05) is 29.6 Å². The Hall–Kier alpha value is -0.710. The molecule has 5 heteroatoms. The third-order valence-electron chi connectivity index (χ3n) is 1.78. The number of nitrogens with zero attached hydrogens (tertiary/aromatic N) is 1. The van der Waals surface area contributed by atoms with Gasteiger partial charge >= 0.3 is 0 Å². The van der Waals surface area contributed by atoms with Gasteiger partial charge in [0.2, 0.25) is 0 Å². The molecule has 2 aromatic rings. The van der Waals surface area contributed by atoms with Gasteiger partial charge in [-0.3, -0.25) is 0 Å². The van der Waals surface area contributed by atoms with E-state index in [0.29, 0.717) is 5.13 Å². The molecular weight excluding hydrogens is 248 g/mol. The summed E-state index contributed by atoms with van der Waals surface area (Å²) in [4.78, 5) is 5.26. The van der Waals surface area contributed by atoms with Gasteiger partial charge in [0, 0.05) is 16.0 Å². The lowest BCUT2D eigenvalue weighted by Crippen LogP contribution is -1.85. The quantitative estimate of drug-likeness (QED) is 0.852. The number of thiazole rings is 1. The predicted octanol–water partition coefficient (Wildman–Crippen LogP) is 3.67. The fourth-order valence-electron chi connectivity index (χ4n) is 1.10. The summed E-state index contributed by atoms with van der Waals surface area (Å²) in [5.74, 6) is 0.803. The molecule has 0 radical (unpaired) electrons. The number of nitrogens with two attached hydrogens (primary N) is 1. The lowest BCUT2D eigenvalue weighted by atomic mass is 10.4. The molecule has 1 aromatic heterocycles. The Morgan fingerprint density at radius 1 is 1.40 bits per heavy atom. The van der Waals surface area contributed by atoms with Crippen molar-refractivity contribution in [1.82, 2.24) is 4.98 Å². The molecule has 0 atom stereocenters. The van der Waals surface area contributed by atoms with E-state index in [-0.39, 0.29) is 0 Å². The van der Waals surface area contributed by atoms with E-state index in [4.69, 9.17) is 17.3 Å². The van der Waals surface area contributed by atoms with Gasteiger partial charge in [-0.2, -0.15) is 0 Å². The number of thioether (sulfide) groups is 1. The standard InChI is InChI=1S/C10H9ClN2S2/c11-8-3-1-2-4-9(8)14-5-7-6-15-10(12)13-7/h1-4,6H,5H2,(H2,12,13). The molecule has 0 amide bonds. The SMILES string of the molecule is Nc1nc(CSc2ccccc2Cl)cs1. The smallest absolute Gasteiger partial charge is 0.180 e. The number of hydrogen-bond acceptors (Lipinski definition) is 4. The Balaban J connectivity index is 2.02. The molecule has 0 unspecified atom stereocenters. The molecular formula is C10H9ClN2S2. The summed E-state index contributed by atoms with van der Waals surface area (Å²) in [5.41, 5.74) is 6.55. The van der Waals surface area contributed by atoms with Crippen LogP contribution in [0.4, 0.5) is 5.13 Å². The van der Waals surface area contributed by atoms with Gasteiger partial charge in [0.1, 0.15) is 0 Å². The monoisotopic (exact) mass is 256 g/mol. The van der Waals surface area contributed by atoms with Crippen LogP contribution in [0, 0.1) is 0 Å². The lowest BCUT2D eigenvalue weighted by Gasteiger charge is -2.01. The number of aromatic nitrogens is 1. The van der Waals surface area contributed by atoms with E-state index in [9.17, 15) is 0 Å². The molecule has 0 saturated carbocycles. The van der Waals surface area contributed by atoms with Crippen molar-refractivity contribution in [3.05, 3.63) is 40.4 Å². The third-order valence-corrected chi connectivity index (χ3v) is 4.05. The van der Waals surface area contributed by atoms with Crippen molar-refractivity contribution in [2.45, 2.75) is 10.6 Å². The summed E-state index contributed by atoms with van der Waals surface area (Å²) in [6.45, 7) is 0. The average Bonchev–Trinajstić information content (AvgIpc) is 2.63. The first-order valence-corrected chi connectivity index (χ1v) is 6.57. The maximum absolute atomic E-state index is 6.03. The van der Waals surface area contributed by atoms with E-state index in [0.717, 1.165) is 21.4 Å². The van der Waals surface area contributed by atoms with Crippen LogP contribution in [0.15, 0.2) is 34.5 Å². The van der Waals surface area contributed by atoms with Gasteiger partial charge in [-0.05, 0) is 12.1 Å². The molecule has 0 fully saturated rings. The molecule has 2 nitrogen and oxygen atoms in total. The molecule has 2 rings (SSSR count). The summed E-state index contributed by atoms with van der Waals surface area (Å²) in [7, 11) is 0. The number of hydrogen-bond donors (Lipinski definition) is 1. The number of halogens is 1. The van der Waals surface area contributed by atoms with E-state index < -0.39 is 0 Å². The van der Waals surface area contributed by atoms with Crippen LogP contribution in [-0.2, 0) is 5.75 Å². The summed E-state index contributed by atoms with van der Waals surface area (Å²) in [5, 5.41) is 3.37. The Labute approximate surface area is 101 Å². The van der Waals surface area contributed by atoms with Gasteiger partial charge in [0.05, 0.1) is 10.7 Å². The van der Waals surface area contributed by atoms with Crippen LogP contribution < -0.4 is 5.73 Å². The van der Waals surface area contributed by atoms with Crippen molar-refractivity contribution in [3.63, 3.8) is 0 Å². The Morgan fingerprint density at radius 3 is 2.87 bits per heavy atom. The van der Waals surface area contributed by atoms with Gasteiger partial charge in [0.15, 0.2) is 5.13 Å². The first-order valence-electron chi connectivity index (χ1n) is 4.33. The first kappa shape index (κ1) is 10.8. The lowest BCUT2D eigenvalue weighted by molar-refractivity contribution is 1.24. The van der Waals surface area contributed by atoms with Crippen LogP contribution in [-0.4, -0.2) is 4.98 Å². The van der Waals surface area contributed by atoms with Crippen molar-refractivity contribution in [3.8, 4) is 0 Å². The molecule has 15 heavy (non-hydrogen) atoms. The number of nitrogen functional groups attached to an aromatic ring is 1. The molecule has 0 bridgehead atoms. The second-order valence-corrected chi connectivity index (χ2v) is 5.21. The molecule has 78 valence electrons. The summed E-state index contributed by atoms with van der Waals surface area (Å²) in [6, 6.07) is 7.79. The molecule has 0 aliphatic carbocycles. The van der Waals surface area contributed by atoms with Crippen LogP contribution in [0.3, 0.4) is 0 Å². The van der Waals surface area contributed by atoms with Crippen molar-refractivity contribution >= 4 is 39.8 Å². The normalized spacial score (nSPS) is 10.5. The van der Waals surface area contributed by atoms with Crippen molar-refractivity contribution in [2.24, 2.45) is 0 Å². The fraction of sp³-hybridized carbons (Fsp3) is 0.100. The van der Waals surface area contributed by atoms with E-state index in [2.05, 4.69) is 4.98 Å². The van der Waals surface area contributed by atoms with Gasteiger partial charge in [-0.15, -0.1) is 23.1 Å². The molecule has 2 N–H and O–H groups in total. The molecule has 1 heterocycles. The zero-order valence-corrected chi connectivity index (χ0v) is 10.2. The fourth-order valence-corrected chi connectivity index (χ4v) is 2.90. The van der Waals surface area contributed by atoms with Crippen LogP contribution in [0.5, 0.6) is 0 Å². The Kier molecular flexibility index (Phi) is 3.51. The predicted molar refractivity (Wildman–Crippen MR) is 67.5 cm³/mol. The highest BCUT2D eigenvalue weighted by Crippen LogP contribution is 2.29. The zero-order chi connectivity index (χ0) is 10.7. The van der Waals surface area contributed by atoms with Gasteiger partial charge in [-0.25, -0.2) is 4.98 Å². The number of rotatable bonds is 3. The van der Waals surface area contributed by atoms with Crippen LogP contribution in [0.2, 0.25) is 5.02 Å². The molecule has 1 aromatic carbocycles. The first-order chi connectivity index (χ1) is 7.25. The summed E-state index contributed by atoms with van der Waals surface area (Å²) in [6.07, 6.45) is 0. The second kappa shape index (κ2) is 4.88. The summed E-state index contributed by atoms with van der Waals surface area (Å²) < 4.78 is 0. The van der Waals surface area contributed by atoms with Crippen molar-refractivity contribution in [2.75, 3.05) is 5.73 Å². The van der Waals surface area contributed by atoms with E-state index >= 15 is 0 Å². The van der Waals surface area contributed by atoms with Crippen LogP contribution >= 0.6 is 34.7 Å². The van der Waals surface area contributed by atoms with Crippen LogP contribution in [0.1, 0.15) is 5.69 Å². The van der Waals surface area contributed by atoms with Crippen molar-refractivity contribution < 1.29 is 0 Å². The number of anilines is 1. The summed E-state index contributed by atoms with van der Waals surface area (Å²) >= 11 is 9.17. The van der Waals surface area contributed by atoms with E-state index in [1.54, 1.807) is 11.8 Å². The topological polar surface area (TPSA) is 38.9 Å². The molecule has 0 aliphatic rings. The van der Waals surface area contributed by atoms with Gasteiger partial charge in [-0.1, -0.05) is 23.7 Å². The Bertz CT molecular complexity index is 456. The zero-order valence-electron chi connectivity index (χ0n) is 7.81. The molecule has 0 aliphatic heterocycles. The highest BCUT2D eigenvalue weighted by molar-refractivity contribution is 7.98. The van der Waals surface area contributed by atoms with Crippen molar-refractivity contribution in [1.29, 1.82) is 0 Å². The highest BCUT2D eigenvalue weighted by atomic mass is 35.5. The average molecular weight is 257 g/mol. The molecule has 0 saturated heterocycles. The minimum absolute atomic E-state index is 0.616. The molecule has 0 spiro atoms. The third kappa shape index (κ3) is 2.87.